The zero-order chi connectivity index (χ0) is 12.5. The number of furan rings is 1. The molecule has 0 aromatic carbocycles. The Morgan fingerprint density at radius 2 is 2.17 bits per heavy atom. The number of fused-ring (bicyclic) bond motifs is 1. The molecule has 3 aromatic rings. The van der Waals surface area contributed by atoms with Crippen LogP contribution in [0.25, 0.3) is 11.2 Å². The molecule has 0 unspecified atom stereocenters. The average molecular weight is 262 g/mol. The quantitative estimate of drug-likeness (QED) is 0.681. The van der Waals surface area contributed by atoms with Crippen LogP contribution in [0.5, 0.6) is 0 Å². The second kappa shape index (κ2) is 4.46. The molecule has 0 fully saturated rings. The van der Waals surface area contributed by atoms with E-state index < -0.39 is 0 Å². The molecule has 3 aromatic heterocycles. The molecule has 0 amide bonds. The number of pyridine rings is 1. The molecule has 0 aliphatic heterocycles. The highest BCUT2D eigenvalue weighted by atomic mass is 35.5. The third-order valence-corrected chi connectivity index (χ3v) is 3.09. The van der Waals surface area contributed by atoms with Crippen molar-refractivity contribution in [3.8, 4) is 0 Å². The lowest BCUT2D eigenvalue weighted by Crippen LogP contribution is -2.04. The van der Waals surface area contributed by atoms with Gasteiger partial charge >= 0.3 is 0 Å². The highest BCUT2D eigenvalue weighted by Gasteiger charge is 2.12. The first kappa shape index (κ1) is 11.3. The fourth-order valence-electron chi connectivity index (χ4n) is 1.98. The first-order chi connectivity index (χ1) is 8.78. The van der Waals surface area contributed by atoms with Crippen LogP contribution in [0.3, 0.4) is 0 Å². The van der Waals surface area contributed by atoms with Gasteiger partial charge in [0.2, 0.25) is 0 Å². The molecule has 0 saturated heterocycles. The predicted octanol–water partition coefficient (Wildman–Crippen LogP) is 3.12. The number of aryl methyl sites for hydroxylation is 1. The van der Waals surface area contributed by atoms with Crippen molar-refractivity contribution in [2.45, 2.75) is 19.3 Å². The van der Waals surface area contributed by atoms with Gasteiger partial charge in [-0.1, -0.05) is 0 Å². The molecule has 92 valence electrons. The van der Waals surface area contributed by atoms with Gasteiger partial charge in [0.05, 0.1) is 25.0 Å². The molecule has 0 atom stereocenters. The number of hydrogen-bond donors (Lipinski definition) is 0. The van der Waals surface area contributed by atoms with Gasteiger partial charge in [0.15, 0.2) is 5.65 Å². The highest BCUT2D eigenvalue weighted by molar-refractivity contribution is 6.16. The summed E-state index contributed by atoms with van der Waals surface area (Å²) in [4.78, 5) is 9.03. The molecule has 0 aliphatic carbocycles. The molecule has 0 aliphatic rings. The molecule has 0 N–H and O–H groups in total. The second-order valence-corrected chi connectivity index (χ2v) is 4.44. The minimum atomic E-state index is 0.368. The lowest BCUT2D eigenvalue weighted by Gasteiger charge is -2.05. The van der Waals surface area contributed by atoms with E-state index in [-0.39, 0.29) is 0 Å². The van der Waals surface area contributed by atoms with Crippen molar-refractivity contribution in [3.05, 3.63) is 47.8 Å². The van der Waals surface area contributed by atoms with Crippen molar-refractivity contribution in [2.24, 2.45) is 0 Å². The average Bonchev–Trinajstić information content (AvgIpc) is 2.98. The Kier molecular flexibility index (Phi) is 2.80. The molecule has 4 nitrogen and oxygen atoms in total. The van der Waals surface area contributed by atoms with Crippen molar-refractivity contribution < 1.29 is 4.42 Å². The summed E-state index contributed by atoms with van der Waals surface area (Å²) in [7, 11) is 0. The summed E-state index contributed by atoms with van der Waals surface area (Å²) in [6.07, 6.45) is 3.38. The van der Waals surface area contributed by atoms with Gasteiger partial charge in [0.25, 0.3) is 0 Å². The summed E-state index contributed by atoms with van der Waals surface area (Å²) in [6, 6.07) is 5.86. The fraction of sp³-hybridized carbons (Fsp3) is 0.231. The van der Waals surface area contributed by atoms with E-state index in [2.05, 4.69) is 9.97 Å². The number of halogens is 1. The SMILES string of the molecule is Cc1ccc2nc(CCl)n(Cc3ccoc3)c2n1. The van der Waals surface area contributed by atoms with Crippen LogP contribution in [0.4, 0.5) is 0 Å². The monoisotopic (exact) mass is 261 g/mol. The van der Waals surface area contributed by atoms with E-state index in [1.807, 2.05) is 29.7 Å². The molecule has 3 heterocycles. The highest BCUT2D eigenvalue weighted by Crippen LogP contribution is 2.18. The Morgan fingerprint density at radius 3 is 2.89 bits per heavy atom. The van der Waals surface area contributed by atoms with Gasteiger partial charge < -0.3 is 8.98 Å². The van der Waals surface area contributed by atoms with Gasteiger partial charge in [-0.05, 0) is 25.1 Å². The third kappa shape index (κ3) is 1.88. The number of aromatic nitrogens is 3. The standard InChI is InChI=1S/C13H12ClN3O/c1-9-2-3-11-13(15-9)17(12(6-14)16-11)7-10-4-5-18-8-10/h2-5,8H,6-7H2,1H3. The van der Waals surface area contributed by atoms with E-state index in [1.54, 1.807) is 12.5 Å². The summed E-state index contributed by atoms with van der Waals surface area (Å²) < 4.78 is 7.11. The molecular weight excluding hydrogens is 250 g/mol. The maximum absolute atomic E-state index is 5.95. The number of rotatable bonds is 3. The maximum atomic E-state index is 5.95. The third-order valence-electron chi connectivity index (χ3n) is 2.85. The van der Waals surface area contributed by atoms with E-state index in [1.165, 1.54) is 0 Å². The molecule has 18 heavy (non-hydrogen) atoms. The van der Waals surface area contributed by atoms with Crippen molar-refractivity contribution in [3.63, 3.8) is 0 Å². The first-order valence-electron chi connectivity index (χ1n) is 5.68. The largest absolute Gasteiger partial charge is 0.472 e. The summed E-state index contributed by atoms with van der Waals surface area (Å²) >= 11 is 5.95. The minimum absolute atomic E-state index is 0.368. The molecule has 0 spiro atoms. The van der Waals surface area contributed by atoms with Gasteiger partial charge in [-0.15, -0.1) is 11.6 Å². The number of hydrogen-bond acceptors (Lipinski definition) is 3. The Balaban J connectivity index is 2.15. The predicted molar refractivity (Wildman–Crippen MR) is 69.6 cm³/mol. The van der Waals surface area contributed by atoms with Crippen LogP contribution in [-0.4, -0.2) is 14.5 Å². The van der Waals surface area contributed by atoms with Gasteiger partial charge in [-0.2, -0.15) is 0 Å². The summed E-state index contributed by atoms with van der Waals surface area (Å²) in [5.74, 6) is 1.19. The molecule has 0 radical (unpaired) electrons. The molecular formula is C13H12ClN3O. The van der Waals surface area contributed by atoms with E-state index in [0.717, 1.165) is 28.2 Å². The van der Waals surface area contributed by atoms with Crippen LogP contribution >= 0.6 is 11.6 Å². The minimum Gasteiger partial charge on any atom is -0.472 e. The lowest BCUT2D eigenvalue weighted by molar-refractivity contribution is 0.562. The van der Waals surface area contributed by atoms with E-state index in [4.69, 9.17) is 16.0 Å². The van der Waals surface area contributed by atoms with E-state index in [9.17, 15) is 0 Å². The van der Waals surface area contributed by atoms with E-state index in [0.29, 0.717) is 12.4 Å². The van der Waals surface area contributed by atoms with E-state index >= 15 is 0 Å². The number of alkyl halides is 1. The fourth-order valence-corrected chi connectivity index (χ4v) is 2.18. The maximum Gasteiger partial charge on any atom is 0.160 e. The van der Waals surface area contributed by atoms with Crippen molar-refractivity contribution in [1.29, 1.82) is 0 Å². The molecule has 3 rings (SSSR count). The normalized spacial score (nSPS) is 11.2. The summed E-state index contributed by atoms with van der Waals surface area (Å²) in [5.41, 5.74) is 3.78. The summed E-state index contributed by atoms with van der Waals surface area (Å²) in [6.45, 7) is 2.64. The van der Waals surface area contributed by atoms with Gasteiger partial charge in [0, 0.05) is 11.3 Å². The van der Waals surface area contributed by atoms with Crippen LogP contribution in [0.15, 0.2) is 35.1 Å². The Morgan fingerprint density at radius 1 is 1.28 bits per heavy atom. The second-order valence-electron chi connectivity index (χ2n) is 4.17. The van der Waals surface area contributed by atoms with Crippen LogP contribution in [0, 0.1) is 6.92 Å². The summed E-state index contributed by atoms with van der Waals surface area (Å²) in [5, 5.41) is 0. The Bertz CT molecular complexity index is 673. The first-order valence-corrected chi connectivity index (χ1v) is 6.21. The van der Waals surface area contributed by atoms with Crippen LogP contribution in [0.1, 0.15) is 17.1 Å². The van der Waals surface area contributed by atoms with Gasteiger partial charge in [0.1, 0.15) is 11.3 Å². The zero-order valence-electron chi connectivity index (χ0n) is 9.93. The van der Waals surface area contributed by atoms with Gasteiger partial charge in [-0.3, -0.25) is 0 Å². The van der Waals surface area contributed by atoms with Crippen LogP contribution in [0.2, 0.25) is 0 Å². The topological polar surface area (TPSA) is 43.9 Å². The number of nitrogens with zero attached hydrogens (tertiary/aromatic N) is 3. The molecule has 5 heteroatoms. The van der Waals surface area contributed by atoms with Gasteiger partial charge in [-0.25, -0.2) is 9.97 Å². The lowest BCUT2D eigenvalue weighted by atomic mass is 10.3. The zero-order valence-corrected chi connectivity index (χ0v) is 10.7. The smallest absolute Gasteiger partial charge is 0.160 e. The van der Waals surface area contributed by atoms with Crippen molar-refractivity contribution in [2.75, 3.05) is 0 Å². The number of imidazole rings is 1. The Labute approximate surface area is 109 Å². The van der Waals surface area contributed by atoms with Crippen molar-refractivity contribution in [1.82, 2.24) is 14.5 Å². The molecule has 0 bridgehead atoms. The van der Waals surface area contributed by atoms with Crippen LogP contribution in [-0.2, 0) is 12.4 Å². The molecule has 0 saturated carbocycles. The Hall–Kier alpha value is -1.81. The van der Waals surface area contributed by atoms with Crippen molar-refractivity contribution >= 4 is 22.8 Å². The van der Waals surface area contributed by atoms with Crippen LogP contribution < -0.4 is 0 Å².